The predicted octanol–water partition coefficient (Wildman–Crippen LogP) is 1.75. The van der Waals surface area contributed by atoms with Gasteiger partial charge >= 0.3 is 0 Å². The third-order valence-corrected chi connectivity index (χ3v) is 4.96. The van der Waals surface area contributed by atoms with E-state index < -0.39 is 0 Å². The molecule has 1 atom stereocenters. The van der Waals surface area contributed by atoms with E-state index in [-0.39, 0.29) is 11.8 Å². The molecule has 2 amide bonds. The van der Waals surface area contributed by atoms with E-state index in [4.69, 9.17) is 0 Å². The first-order valence-electron chi connectivity index (χ1n) is 8.62. The maximum Gasteiger partial charge on any atom is 0.261 e. The fourth-order valence-electron chi connectivity index (χ4n) is 3.64. The second-order valence-corrected chi connectivity index (χ2v) is 6.27. The van der Waals surface area contributed by atoms with E-state index >= 15 is 0 Å². The minimum absolute atomic E-state index is 0.149. The van der Waals surface area contributed by atoms with Gasteiger partial charge in [-0.3, -0.25) is 19.4 Å². The number of hydrogen-bond donors (Lipinski definition) is 1. The molecular weight excluding hydrogens is 290 g/mol. The van der Waals surface area contributed by atoms with Crippen molar-refractivity contribution in [1.82, 2.24) is 15.1 Å². The average molecular weight is 315 g/mol. The monoisotopic (exact) mass is 315 g/mol. The summed E-state index contributed by atoms with van der Waals surface area (Å²) in [5.74, 6) is -0.298. The maximum atomic E-state index is 12.4. The maximum absolute atomic E-state index is 12.4. The third kappa shape index (κ3) is 3.31. The SMILES string of the molecule is CCN(CCN1C(=O)c2ccccc2C1=O)C1CCCNCC1. The van der Waals surface area contributed by atoms with Gasteiger partial charge in [-0.2, -0.15) is 0 Å². The molecule has 1 saturated heterocycles. The summed E-state index contributed by atoms with van der Waals surface area (Å²) in [6.45, 7) is 6.48. The molecule has 0 radical (unpaired) electrons. The van der Waals surface area contributed by atoms with Crippen LogP contribution < -0.4 is 5.32 Å². The van der Waals surface area contributed by atoms with Crippen molar-refractivity contribution in [2.24, 2.45) is 0 Å². The van der Waals surface area contributed by atoms with Gasteiger partial charge in [-0.25, -0.2) is 0 Å². The highest BCUT2D eigenvalue weighted by Gasteiger charge is 2.35. The number of hydrogen-bond acceptors (Lipinski definition) is 4. The molecule has 0 bridgehead atoms. The van der Waals surface area contributed by atoms with Crippen molar-refractivity contribution in [3.63, 3.8) is 0 Å². The van der Waals surface area contributed by atoms with Crippen LogP contribution in [0.1, 0.15) is 46.9 Å². The Hall–Kier alpha value is -1.72. The number of amides is 2. The molecule has 1 unspecified atom stereocenters. The summed E-state index contributed by atoms with van der Waals surface area (Å²) in [5, 5.41) is 3.43. The van der Waals surface area contributed by atoms with Crippen LogP contribution in [0.3, 0.4) is 0 Å². The van der Waals surface area contributed by atoms with Crippen molar-refractivity contribution in [1.29, 1.82) is 0 Å². The Balaban J connectivity index is 1.63. The number of likely N-dealkylation sites (N-methyl/N-ethyl adjacent to an activating group) is 1. The summed E-state index contributed by atoms with van der Waals surface area (Å²) in [5.41, 5.74) is 1.08. The highest BCUT2D eigenvalue weighted by molar-refractivity contribution is 6.21. The Bertz CT molecular complexity index is 544. The number of rotatable bonds is 5. The van der Waals surface area contributed by atoms with Crippen LogP contribution in [-0.2, 0) is 0 Å². The van der Waals surface area contributed by atoms with Crippen LogP contribution in [0.5, 0.6) is 0 Å². The van der Waals surface area contributed by atoms with E-state index in [1.54, 1.807) is 12.1 Å². The first-order valence-corrected chi connectivity index (χ1v) is 8.62. The van der Waals surface area contributed by atoms with Gasteiger partial charge in [0.2, 0.25) is 0 Å². The lowest BCUT2D eigenvalue weighted by molar-refractivity contribution is 0.0622. The summed E-state index contributed by atoms with van der Waals surface area (Å²) in [6.07, 6.45) is 3.51. The van der Waals surface area contributed by atoms with Crippen molar-refractivity contribution in [3.8, 4) is 0 Å². The Kier molecular flexibility index (Phi) is 5.08. The number of fused-ring (bicyclic) bond motifs is 1. The van der Waals surface area contributed by atoms with Gasteiger partial charge in [0.05, 0.1) is 11.1 Å². The van der Waals surface area contributed by atoms with Crippen LogP contribution >= 0.6 is 0 Å². The predicted molar refractivity (Wildman–Crippen MR) is 89.6 cm³/mol. The molecule has 5 heteroatoms. The van der Waals surface area contributed by atoms with E-state index in [1.165, 1.54) is 17.7 Å². The molecule has 1 aromatic rings. The number of carbonyl (C=O) groups is 2. The molecule has 2 aliphatic heterocycles. The van der Waals surface area contributed by atoms with Crippen molar-refractivity contribution < 1.29 is 9.59 Å². The molecule has 0 aromatic heterocycles. The molecule has 124 valence electrons. The van der Waals surface area contributed by atoms with Crippen molar-refractivity contribution in [2.45, 2.75) is 32.2 Å². The highest BCUT2D eigenvalue weighted by atomic mass is 16.2. The summed E-state index contributed by atoms with van der Waals surface area (Å²) in [6, 6.07) is 7.65. The minimum Gasteiger partial charge on any atom is -0.317 e. The Morgan fingerprint density at radius 2 is 1.83 bits per heavy atom. The van der Waals surface area contributed by atoms with E-state index in [2.05, 4.69) is 17.1 Å². The van der Waals surface area contributed by atoms with Crippen molar-refractivity contribution >= 4 is 11.8 Å². The zero-order valence-electron chi connectivity index (χ0n) is 13.8. The number of nitrogens with one attached hydrogen (secondary N) is 1. The van der Waals surface area contributed by atoms with Gasteiger partial charge in [-0.15, -0.1) is 0 Å². The number of carbonyl (C=O) groups excluding carboxylic acids is 2. The van der Waals surface area contributed by atoms with Gasteiger partial charge in [0.1, 0.15) is 0 Å². The summed E-state index contributed by atoms with van der Waals surface area (Å²) < 4.78 is 0. The van der Waals surface area contributed by atoms with Crippen LogP contribution in [0.25, 0.3) is 0 Å². The fraction of sp³-hybridized carbons (Fsp3) is 0.556. The molecular formula is C18H25N3O2. The normalized spacial score (nSPS) is 21.7. The van der Waals surface area contributed by atoms with Crippen LogP contribution in [0.2, 0.25) is 0 Å². The van der Waals surface area contributed by atoms with Gasteiger partial charge in [0.15, 0.2) is 0 Å². The molecule has 2 aliphatic rings. The van der Waals surface area contributed by atoms with E-state index in [1.807, 2.05) is 12.1 Å². The van der Waals surface area contributed by atoms with Gasteiger partial charge in [-0.05, 0) is 51.0 Å². The van der Waals surface area contributed by atoms with Crippen LogP contribution in [-0.4, -0.2) is 60.4 Å². The Morgan fingerprint density at radius 3 is 2.48 bits per heavy atom. The smallest absolute Gasteiger partial charge is 0.261 e. The Labute approximate surface area is 137 Å². The first kappa shape index (κ1) is 16.1. The molecule has 1 aromatic carbocycles. The van der Waals surface area contributed by atoms with Crippen molar-refractivity contribution in [3.05, 3.63) is 35.4 Å². The lowest BCUT2D eigenvalue weighted by atomic mass is 10.1. The highest BCUT2D eigenvalue weighted by Crippen LogP contribution is 2.22. The number of imide groups is 1. The molecule has 3 rings (SSSR count). The largest absolute Gasteiger partial charge is 0.317 e. The van der Waals surface area contributed by atoms with Gasteiger partial charge in [0.25, 0.3) is 11.8 Å². The molecule has 1 fully saturated rings. The molecule has 1 N–H and O–H groups in total. The second-order valence-electron chi connectivity index (χ2n) is 6.27. The summed E-state index contributed by atoms with van der Waals surface area (Å²) >= 11 is 0. The third-order valence-electron chi connectivity index (χ3n) is 4.96. The van der Waals surface area contributed by atoms with Crippen LogP contribution in [0.15, 0.2) is 24.3 Å². The first-order chi connectivity index (χ1) is 11.2. The zero-order valence-corrected chi connectivity index (χ0v) is 13.8. The van der Waals surface area contributed by atoms with Crippen molar-refractivity contribution in [2.75, 3.05) is 32.7 Å². The molecule has 2 heterocycles. The van der Waals surface area contributed by atoms with E-state index in [0.717, 1.165) is 32.6 Å². The van der Waals surface area contributed by atoms with Gasteiger partial charge < -0.3 is 5.32 Å². The van der Waals surface area contributed by atoms with E-state index in [9.17, 15) is 9.59 Å². The average Bonchev–Trinajstić information content (AvgIpc) is 2.78. The topological polar surface area (TPSA) is 52.7 Å². The molecule has 0 aliphatic carbocycles. The fourth-order valence-corrected chi connectivity index (χ4v) is 3.64. The Morgan fingerprint density at radius 1 is 1.13 bits per heavy atom. The number of benzene rings is 1. The van der Waals surface area contributed by atoms with Crippen LogP contribution in [0, 0.1) is 0 Å². The zero-order chi connectivity index (χ0) is 16.2. The lowest BCUT2D eigenvalue weighted by Crippen LogP contribution is -2.43. The van der Waals surface area contributed by atoms with Crippen LogP contribution in [0.4, 0.5) is 0 Å². The number of nitrogens with zero attached hydrogens (tertiary/aromatic N) is 2. The van der Waals surface area contributed by atoms with Gasteiger partial charge in [0, 0.05) is 19.1 Å². The molecule has 5 nitrogen and oxygen atoms in total. The standard InChI is InChI=1S/C18H25N3O2/c1-2-20(14-6-5-10-19-11-9-14)12-13-21-17(22)15-7-3-4-8-16(15)18(21)23/h3-4,7-8,14,19H,2,5-6,9-13H2,1H3. The molecule has 0 saturated carbocycles. The van der Waals surface area contributed by atoms with E-state index in [0.29, 0.717) is 23.7 Å². The molecule has 0 spiro atoms. The summed E-state index contributed by atoms with van der Waals surface area (Å²) in [7, 11) is 0. The molecule has 23 heavy (non-hydrogen) atoms. The van der Waals surface area contributed by atoms with Gasteiger partial charge in [-0.1, -0.05) is 19.1 Å². The summed E-state index contributed by atoms with van der Waals surface area (Å²) in [4.78, 5) is 28.7. The quantitative estimate of drug-likeness (QED) is 0.841. The minimum atomic E-state index is -0.149. The second kappa shape index (κ2) is 7.23. The lowest BCUT2D eigenvalue weighted by Gasteiger charge is -2.31.